The minimum absolute atomic E-state index is 0.0919. The summed E-state index contributed by atoms with van der Waals surface area (Å²) < 4.78 is 34.8. The van der Waals surface area contributed by atoms with Crippen LogP contribution in [0.4, 0.5) is 4.39 Å². The summed E-state index contributed by atoms with van der Waals surface area (Å²) in [5, 5.41) is 6.91. The molecule has 2 unspecified atom stereocenters. The van der Waals surface area contributed by atoms with Crippen LogP contribution in [0, 0.1) is 0 Å². The molecule has 2 atom stereocenters. The minimum Gasteiger partial charge on any atom is -0.479 e. The van der Waals surface area contributed by atoms with Gasteiger partial charge in [0.15, 0.2) is 9.84 Å². The molecule has 0 amide bonds. The van der Waals surface area contributed by atoms with E-state index in [9.17, 15) is 17.6 Å². The number of hydrogen-bond acceptors (Lipinski definition) is 3. The first kappa shape index (κ1) is 9.44. The van der Waals surface area contributed by atoms with Gasteiger partial charge in [-0.1, -0.05) is 0 Å². The van der Waals surface area contributed by atoms with Crippen molar-refractivity contribution in [3.8, 4) is 0 Å². The molecule has 1 fully saturated rings. The highest BCUT2D eigenvalue weighted by atomic mass is 32.2. The molecule has 70 valence electrons. The molecule has 1 rings (SSSR count). The van der Waals surface area contributed by atoms with Crippen LogP contribution in [0.1, 0.15) is 12.8 Å². The van der Waals surface area contributed by atoms with Gasteiger partial charge in [-0.2, -0.15) is 0 Å². The Kier molecular flexibility index (Phi) is 2.36. The number of sulfone groups is 1. The van der Waals surface area contributed by atoms with Crippen LogP contribution in [0.3, 0.4) is 0 Å². The Morgan fingerprint density at radius 1 is 1.58 bits per heavy atom. The summed E-state index contributed by atoms with van der Waals surface area (Å²) in [5.74, 6) is -1.78. The van der Waals surface area contributed by atoms with Crippen LogP contribution in [-0.2, 0) is 14.6 Å². The molecular weight excluding hydrogens is 187 g/mol. The van der Waals surface area contributed by atoms with E-state index in [0.29, 0.717) is 6.42 Å². The van der Waals surface area contributed by atoms with Gasteiger partial charge in [0.25, 0.3) is 0 Å². The maximum atomic E-state index is 12.7. The third-order valence-electron chi connectivity index (χ3n) is 1.94. The van der Waals surface area contributed by atoms with Gasteiger partial charge >= 0.3 is 5.97 Å². The molecule has 0 radical (unpaired) electrons. The van der Waals surface area contributed by atoms with Crippen molar-refractivity contribution in [3.05, 3.63) is 0 Å². The first-order chi connectivity index (χ1) is 5.45. The zero-order valence-corrected chi connectivity index (χ0v) is 7.05. The molecule has 0 aromatic rings. The van der Waals surface area contributed by atoms with Crippen molar-refractivity contribution in [1.82, 2.24) is 0 Å². The maximum Gasteiger partial charge on any atom is 0.339 e. The van der Waals surface area contributed by atoms with E-state index in [1.807, 2.05) is 0 Å². The predicted octanol–water partition coefficient (Wildman–Crippen LogP) is -0.0137. The van der Waals surface area contributed by atoms with E-state index >= 15 is 0 Å². The fraction of sp³-hybridized carbons (Fsp3) is 0.833. The fourth-order valence-corrected chi connectivity index (χ4v) is 3.18. The third-order valence-corrected chi connectivity index (χ3v) is 4.20. The summed E-state index contributed by atoms with van der Waals surface area (Å²) in [7, 11) is -3.49. The Hall–Kier alpha value is -0.650. The smallest absolute Gasteiger partial charge is 0.339 e. The topological polar surface area (TPSA) is 71.4 Å². The van der Waals surface area contributed by atoms with Gasteiger partial charge in [0.05, 0.1) is 5.75 Å². The van der Waals surface area contributed by atoms with Gasteiger partial charge in [0.1, 0.15) is 5.25 Å². The average molecular weight is 196 g/mol. The zero-order chi connectivity index (χ0) is 9.35. The molecule has 0 spiro atoms. The Morgan fingerprint density at radius 2 is 2.17 bits per heavy atom. The molecule has 6 heteroatoms. The summed E-state index contributed by atoms with van der Waals surface area (Å²) >= 11 is 0. The summed E-state index contributed by atoms with van der Waals surface area (Å²) in [4.78, 5) is 10.1. The Balaban J connectivity index is 2.83. The van der Waals surface area contributed by atoms with Crippen molar-refractivity contribution >= 4 is 15.8 Å². The van der Waals surface area contributed by atoms with Crippen LogP contribution >= 0.6 is 0 Å². The zero-order valence-electron chi connectivity index (χ0n) is 6.23. The molecule has 1 aliphatic heterocycles. The first-order valence-corrected chi connectivity index (χ1v) is 5.25. The largest absolute Gasteiger partial charge is 0.479 e. The number of rotatable bonds is 2. The van der Waals surface area contributed by atoms with Crippen molar-refractivity contribution < 1.29 is 22.7 Å². The molecule has 1 N–H and O–H groups in total. The molecule has 0 bridgehead atoms. The number of carbonyl (C=O) groups is 1. The highest BCUT2D eigenvalue weighted by molar-refractivity contribution is 7.92. The van der Waals surface area contributed by atoms with E-state index in [4.69, 9.17) is 5.11 Å². The Labute approximate surface area is 69.3 Å². The van der Waals surface area contributed by atoms with Crippen molar-refractivity contribution in [1.29, 1.82) is 0 Å². The lowest BCUT2D eigenvalue weighted by atomic mass is 10.2. The third kappa shape index (κ3) is 1.57. The van der Waals surface area contributed by atoms with Gasteiger partial charge in [-0.15, -0.1) is 0 Å². The average Bonchev–Trinajstić information content (AvgIpc) is 2.27. The van der Waals surface area contributed by atoms with Gasteiger partial charge < -0.3 is 5.11 Å². The van der Waals surface area contributed by atoms with Gasteiger partial charge in [-0.05, 0) is 12.8 Å². The van der Waals surface area contributed by atoms with E-state index < -0.39 is 27.2 Å². The lowest BCUT2D eigenvalue weighted by molar-refractivity contribution is -0.142. The van der Waals surface area contributed by atoms with Crippen LogP contribution in [0.5, 0.6) is 0 Å². The first-order valence-electron chi connectivity index (χ1n) is 3.53. The lowest BCUT2D eigenvalue weighted by Gasteiger charge is -2.09. The standard InChI is InChI=1S/C6H9FO4S/c7-5(6(8)9)4-2-1-3-12(4,10)11/h4-5H,1-3H2,(H,8,9). The van der Waals surface area contributed by atoms with Crippen LogP contribution in [0.2, 0.25) is 0 Å². The molecule has 1 aliphatic rings. The van der Waals surface area contributed by atoms with E-state index in [1.54, 1.807) is 0 Å². The van der Waals surface area contributed by atoms with Crippen molar-refractivity contribution in [2.24, 2.45) is 0 Å². The van der Waals surface area contributed by atoms with E-state index in [2.05, 4.69) is 0 Å². The second kappa shape index (κ2) is 3.01. The second-order valence-corrected chi connectivity index (χ2v) is 5.13. The van der Waals surface area contributed by atoms with Crippen LogP contribution in [-0.4, -0.2) is 36.7 Å². The van der Waals surface area contributed by atoms with Crippen molar-refractivity contribution in [2.75, 3.05) is 5.75 Å². The van der Waals surface area contributed by atoms with Crippen molar-refractivity contribution in [2.45, 2.75) is 24.3 Å². The maximum absolute atomic E-state index is 12.7. The predicted molar refractivity (Wildman–Crippen MR) is 39.3 cm³/mol. The van der Waals surface area contributed by atoms with Gasteiger partial charge in [-0.25, -0.2) is 17.6 Å². The number of alkyl halides is 1. The molecule has 0 aromatic carbocycles. The molecule has 0 aliphatic carbocycles. The number of hydrogen-bond donors (Lipinski definition) is 1. The lowest BCUT2D eigenvalue weighted by Crippen LogP contribution is -2.33. The highest BCUT2D eigenvalue weighted by Gasteiger charge is 2.41. The summed E-state index contributed by atoms with van der Waals surface area (Å²) in [6.45, 7) is 0. The normalized spacial score (nSPS) is 29.9. The molecule has 4 nitrogen and oxygen atoms in total. The summed E-state index contributed by atoms with van der Waals surface area (Å²) in [5.41, 5.74) is 0. The Morgan fingerprint density at radius 3 is 2.50 bits per heavy atom. The highest BCUT2D eigenvalue weighted by Crippen LogP contribution is 2.24. The molecular formula is C6H9FO4S. The molecule has 1 saturated heterocycles. The fourth-order valence-electron chi connectivity index (χ4n) is 1.30. The van der Waals surface area contributed by atoms with E-state index in [-0.39, 0.29) is 12.2 Å². The van der Waals surface area contributed by atoms with Gasteiger partial charge in [0, 0.05) is 0 Å². The van der Waals surface area contributed by atoms with E-state index in [1.165, 1.54) is 0 Å². The Bertz CT molecular complexity index is 284. The second-order valence-electron chi connectivity index (χ2n) is 2.79. The molecule has 1 heterocycles. The van der Waals surface area contributed by atoms with Gasteiger partial charge in [0.2, 0.25) is 6.17 Å². The van der Waals surface area contributed by atoms with Crippen LogP contribution in [0.25, 0.3) is 0 Å². The quantitative estimate of drug-likeness (QED) is 0.674. The van der Waals surface area contributed by atoms with E-state index in [0.717, 1.165) is 0 Å². The monoisotopic (exact) mass is 196 g/mol. The molecule has 0 saturated carbocycles. The van der Waals surface area contributed by atoms with Crippen LogP contribution < -0.4 is 0 Å². The minimum atomic E-state index is -3.49. The number of carboxylic acid groups (broad SMARTS) is 1. The molecule has 12 heavy (non-hydrogen) atoms. The summed E-state index contributed by atoms with van der Waals surface area (Å²) in [6.07, 6.45) is -1.78. The summed E-state index contributed by atoms with van der Waals surface area (Å²) in [6, 6.07) is 0. The number of halogens is 1. The SMILES string of the molecule is O=C(O)C(F)C1CCCS1(=O)=O. The van der Waals surface area contributed by atoms with Crippen molar-refractivity contribution in [3.63, 3.8) is 0 Å². The number of carboxylic acids is 1. The van der Waals surface area contributed by atoms with Gasteiger partial charge in [-0.3, -0.25) is 0 Å². The number of aliphatic carboxylic acids is 1. The molecule has 0 aromatic heterocycles. The van der Waals surface area contributed by atoms with Crippen LogP contribution in [0.15, 0.2) is 0 Å².